The van der Waals surface area contributed by atoms with Gasteiger partial charge in [0, 0.05) is 25.7 Å². The van der Waals surface area contributed by atoms with Crippen molar-refractivity contribution in [2.45, 2.75) is 18.9 Å². The SMILES string of the molecule is CNc1cncc(F)c1CC[C@@H]1CNCCO1. The topological polar surface area (TPSA) is 46.2 Å². The second kappa shape index (κ2) is 5.93. The van der Waals surface area contributed by atoms with Gasteiger partial charge in [0.1, 0.15) is 5.82 Å². The van der Waals surface area contributed by atoms with E-state index in [1.165, 1.54) is 6.20 Å². The number of nitrogens with one attached hydrogen (secondary N) is 2. The van der Waals surface area contributed by atoms with E-state index < -0.39 is 0 Å². The largest absolute Gasteiger partial charge is 0.387 e. The molecule has 4 nitrogen and oxygen atoms in total. The molecule has 1 aliphatic heterocycles. The van der Waals surface area contributed by atoms with Gasteiger partial charge in [-0.2, -0.15) is 0 Å². The highest BCUT2D eigenvalue weighted by Gasteiger charge is 2.15. The van der Waals surface area contributed by atoms with Crippen LogP contribution < -0.4 is 10.6 Å². The Balaban J connectivity index is 1.97. The molecule has 17 heavy (non-hydrogen) atoms. The lowest BCUT2D eigenvalue weighted by Gasteiger charge is -2.23. The van der Waals surface area contributed by atoms with Crippen molar-refractivity contribution in [3.05, 3.63) is 23.8 Å². The minimum atomic E-state index is -0.249. The van der Waals surface area contributed by atoms with Crippen LogP contribution in [0.2, 0.25) is 0 Å². The monoisotopic (exact) mass is 239 g/mol. The fourth-order valence-corrected chi connectivity index (χ4v) is 2.04. The average Bonchev–Trinajstić information content (AvgIpc) is 2.38. The second-order valence-electron chi connectivity index (χ2n) is 4.13. The van der Waals surface area contributed by atoms with Crippen LogP contribution in [0, 0.1) is 5.82 Å². The second-order valence-corrected chi connectivity index (χ2v) is 4.13. The maximum atomic E-state index is 13.6. The molecule has 0 aliphatic carbocycles. The van der Waals surface area contributed by atoms with Gasteiger partial charge in [-0.05, 0) is 12.8 Å². The van der Waals surface area contributed by atoms with Gasteiger partial charge in [0.25, 0.3) is 0 Å². The van der Waals surface area contributed by atoms with E-state index in [1.807, 2.05) is 0 Å². The third-order valence-corrected chi connectivity index (χ3v) is 2.99. The van der Waals surface area contributed by atoms with E-state index in [0.29, 0.717) is 12.0 Å². The van der Waals surface area contributed by atoms with Crippen LogP contribution >= 0.6 is 0 Å². The molecule has 1 saturated heterocycles. The maximum Gasteiger partial charge on any atom is 0.146 e. The number of pyridine rings is 1. The number of rotatable bonds is 4. The summed E-state index contributed by atoms with van der Waals surface area (Å²) in [5.74, 6) is -0.249. The molecule has 1 fully saturated rings. The van der Waals surface area contributed by atoms with Crippen molar-refractivity contribution in [3.63, 3.8) is 0 Å². The van der Waals surface area contributed by atoms with Crippen molar-refractivity contribution < 1.29 is 9.13 Å². The van der Waals surface area contributed by atoms with Crippen LogP contribution in [0.4, 0.5) is 10.1 Å². The van der Waals surface area contributed by atoms with Gasteiger partial charge in [0.15, 0.2) is 0 Å². The predicted octanol–water partition coefficient (Wildman–Crippen LogP) is 1.18. The molecule has 5 heteroatoms. The molecule has 0 bridgehead atoms. The molecule has 94 valence electrons. The Kier molecular flexibility index (Phi) is 4.28. The third-order valence-electron chi connectivity index (χ3n) is 2.99. The summed E-state index contributed by atoms with van der Waals surface area (Å²) in [5.41, 5.74) is 1.45. The molecular formula is C12H18FN3O. The van der Waals surface area contributed by atoms with E-state index in [-0.39, 0.29) is 11.9 Å². The average molecular weight is 239 g/mol. The van der Waals surface area contributed by atoms with Crippen molar-refractivity contribution in [2.24, 2.45) is 0 Å². The maximum absolute atomic E-state index is 13.6. The Labute approximate surface area is 101 Å². The van der Waals surface area contributed by atoms with Crippen LogP contribution in [0.15, 0.2) is 12.4 Å². The lowest BCUT2D eigenvalue weighted by atomic mass is 10.1. The Morgan fingerprint density at radius 2 is 2.47 bits per heavy atom. The van der Waals surface area contributed by atoms with E-state index >= 15 is 0 Å². The number of halogens is 1. The Morgan fingerprint density at radius 3 is 3.18 bits per heavy atom. The number of aromatic nitrogens is 1. The van der Waals surface area contributed by atoms with E-state index in [0.717, 1.165) is 31.8 Å². The number of hydrogen-bond acceptors (Lipinski definition) is 4. The fourth-order valence-electron chi connectivity index (χ4n) is 2.04. The first kappa shape index (κ1) is 12.3. The van der Waals surface area contributed by atoms with Gasteiger partial charge >= 0.3 is 0 Å². The first-order valence-electron chi connectivity index (χ1n) is 5.93. The van der Waals surface area contributed by atoms with Crippen LogP contribution in [0.1, 0.15) is 12.0 Å². The first-order valence-corrected chi connectivity index (χ1v) is 5.93. The number of morpholine rings is 1. The molecule has 0 amide bonds. The van der Waals surface area contributed by atoms with Crippen LogP contribution in [0.25, 0.3) is 0 Å². The summed E-state index contributed by atoms with van der Waals surface area (Å²) in [5, 5.41) is 6.23. The van der Waals surface area contributed by atoms with Crippen LogP contribution in [-0.2, 0) is 11.2 Å². The normalized spacial score (nSPS) is 20.2. The number of hydrogen-bond donors (Lipinski definition) is 2. The van der Waals surface area contributed by atoms with Crippen molar-refractivity contribution >= 4 is 5.69 Å². The van der Waals surface area contributed by atoms with Crippen LogP contribution in [0.5, 0.6) is 0 Å². The molecule has 2 heterocycles. The highest BCUT2D eigenvalue weighted by molar-refractivity contribution is 5.49. The van der Waals surface area contributed by atoms with Crippen molar-refractivity contribution in [3.8, 4) is 0 Å². The molecule has 0 unspecified atom stereocenters. The molecule has 0 radical (unpaired) electrons. The summed E-state index contributed by atoms with van der Waals surface area (Å²) in [6.07, 6.45) is 4.58. The summed E-state index contributed by atoms with van der Waals surface area (Å²) in [6, 6.07) is 0. The summed E-state index contributed by atoms with van der Waals surface area (Å²) in [7, 11) is 1.78. The molecule has 0 aromatic carbocycles. The molecule has 1 aromatic rings. The Hall–Kier alpha value is -1.20. The van der Waals surface area contributed by atoms with Gasteiger partial charge in [-0.1, -0.05) is 0 Å². The van der Waals surface area contributed by atoms with Gasteiger partial charge < -0.3 is 15.4 Å². The Bertz CT molecular complexity index is 367. The smallest absolute Gasteiger partial charge is 0.146 e. The zero-order valence-electron chi connectivity index (χ0n) is 10.0. The van der Waals surface area contributed by atoms with E-state index in [4.69, 9.17) is 4.74 Å². The minimum absolute atomic E-state index is 0.182. The zero-order chi connectivity index (χ0) is 12.1. The van der Waals surface area contributed by atoms with Crippen molar-refractivity contribution in [2.75, 3.05) is 32.1 Å². The van der Waals surface area contributed by atoms with Crippen LogP contribution in [0.3, 0.4) is 0 Å². The lowest BCUT2D eigenvalue weighted by molar-refractivity contribution is 0.0237. The number of ether oxygens (including phenoxy) is 1. The summed E-state index contributed by atoms with van der Waals surface area (Å²) >= 11 is 0. The van der Waals surface area contributed by atoms with Crippen molar-refractivity contribution in [1.29, 1.82) is 0 Å². The molecule has 1 aromatic heterocycles. The highest BCUT2D eigenvalue weighted by Crippen LogP contribution is 2.20. The van der Waals surface area contributed by atoms with Gasteiger partial charge in [0.2, 0.25) is 0 Å². The molecule has 2 N–H and O–H groups in total. The van der Waals surface area contributed by atoms with Crippen molar-refractivity contribution in [1.82, 2.24) is 10.3 Å². The lowest BCUT2D eigenvalue weighted by Crippen LogP contribution is -2.38. The molecule has 1 aliphatic rings. The molecular weight excluding hydrogens is 221 g/mol. The summed E-state index contributed by atoms with van der Waals surface area (Å²) < 4.78 is 19.2. The van der Waals surface area contributed by atoms with Gasteiger partial charge in [-0.3, -0.25) is 4.98 Å². The zero-order valence-corrected chi connectivity index (χ0v) is 10.0. The number of anilines is 1. The van der Waals surface area contributed by atoms with E-state index in [2.05, 4.69) is 15.6 Å². The molecule has 0 saturated carbocycles. The van der Waals surface area contributed by atoms with Crippen LogP contribution in [-0.4, -0.2) is 37.8 Å². The fraction of sp³-hybridized carbons (Fsp3) is 0.583. The highest BCUT2D eigenvalue weighted by atomic mass is 19.1. The van der Waals surface area contributed by atoms with Gasteiger partial charge in [-0.25, -0.2) is 4.39 Å². The van der Waals surface area contributed by atoms with Gasteiger partial charge in [0.05, 0.1) is 30.8 Å². The number of nitrogens with zero attached hydrogens (tertiary/aromatic N) is 1. The van der Waals surface area contributed by atoms with Gasteiger partial charge in [-0.15, -0.1) is 0 Å². The Morgan fingerprint density at radius 1 is 1.59 bits per heavy atom. The van der Waals surface area contributed by atoms with E-state index in [9.17, 15) is 4.39 Å². The molecule has 2 rings (SSSR count). The predicted molar refractivity (Wildman–Crippen MR) is 64.7 cm³/mol. The standard InChI is InChI=1S/C12H18FN3O/c1-14-12-8-16-7-11(13)10(12)3-2-9-6-15-4-5-17-9/h7-9,14-15H,2-6H2,1H3/t9-/m1/s1. The molecule has 0 spiro atoms. The first-order chi connectivity index (χ1) is 8.31. The quantitative estimate of drug-likeness (QED) is 0.828. The van der Waals surface area contributed by atoms with E-state index in [1.54, 1.807) is 13.2 Å². The summed E-state index contributed by atoms with van der Waals surface area (Å²) in [4.78, 5) is 3.83. The minimum Gasteiger partial charge on any atom is -0.387 e. The molecule has 1 atom stereocenters. The summed E-state index contributed by atoms with van der Waals surface area (Å²) in [6.45, 7) is 2.49. The third kappa shape index (κ3) is 3.14.